The summed E-state index contributed by atoms with van der Waals surface area (Å²) in [6.07, 6.45) is 0. The van der Waals surface area contributed by atoms with Crippen molar-refractivity contribution in [2.45, 2.75) is 11.5 Å². The number of rotatable bonds is 4. The van der Waals surface area contributed by atoms with Crippen molar-refractivity contribution in [1.29, 1.82) is 0 Å². The maximum Gasteiger partial charge on any atom is 0.158 e. The van der Waals surface area contributed by atoms with Crippen LogP contribution in [0.1, 0.15) is 11.1 Å². The van der Waals surface area contributed by atoms with Crippen molar-refractivity contribution in [3.63, 3.8) is 0 Å². The van der Waals surface area contributed by atoms with Gasteiger partial charge in [-0.15, -0.1) is 0 Å². The van der Waals surface area contributed by atoms with E-state index >= 15 is 0 Å². The molecule has 0 aromatic heterocycles. The van der Waals surface area contributed by atoms with Crippen LogP contribution in [0.2, 0.25) is 0 Å². The molecule has 7 heteroatoms. The zero-order valence-electron chi connectivity index (χ0n) is 11.4. The van der Waals surface area contributed by atoms with Gasteiger partial charge in [-0.3, -0.25) is 0 Å². The van der Waals surface area contributed by atoms with Gasteiger partial charge in [0.2, 0.25) is 0 Å². The molecule has 0 atom stereocenters. The van der Waals surface area contributed by atoms with Crippen molar-refractivity contribution < 1.29 is 8.42 Å². The van der Waals surface area contributed by atoms with Crippen molar-refractivity contribution in [3.8, 4) is 0 Å². The second-order valence-electron chi connectivity index (χ2n) is 4.96. The Morgan fingerprint density at radius 1 is 0.667 bits per heavy atom. The number of sulfone groups is 1. The van der Waals surface area contributed by atoms with Crippen LogP contribution in [0.15, 0.2) is 36.4 Å². The third-order valence-corrected chi connectivity index (χ3v) is 4.62. The lowest BCUT2D eigenvalue weighted by molar-refractivity contribution is 0.594. The Morgan fingerprint density at radius 2 is 1.05 bits per heavy atom. The smallest absolute Gasteiger partial charge is 0.158 e. The topological polar surface area (TPSA) is 138 Å². The van der Waals surface area contributed by atoms with Gasteiger partial charge in [0.05, 0.1) is 34.3 Å². The van der Waals surface area contributed by atoms with Gasteiger partial charge in [0.15, 0.2) is 9.84 Å². The summed E-state index contributed by atoms with van der Waals surface area (Å²) in [5, 5.41) is 0. The zero-order valence-corrected chi connectivity index (χ0v) is 12.2. The van der Waals surface area contributed by atoms with Crippen molar-refractivity contribution in [2.24, 2.45) is 0 Å². The van der Waals surface area contributed by atoms with E-state index in [1.165, 1.54) is 0 Å². The molecule has 0 radical (unpaired) electrons. The summed E-state index contributed by atoms with van der Waals surface area (Å²) >= 11 is 0. The molecule has 0 amide bonds. The van der Waals surface area contributed by atoms with Crippen molar-refractivity contribution in [2.75, 3.05) is 22.9 Å². The summed E-state index contributed by atoms with van der Waals surface area (Å²) in [6, 6.07) is 9.65. The third-order valence-electron chi connectivity index (χ3n) is 3.08. The minimum Gasteiger partial charge on any atom is -0.397 e. The fraction of sp³-hybridized carbons (Fsp3) is 0.143. The molecule has 0 aliphatic heterocycles. The molecule has 0 spiro atoms. The van der Waals surface area contributed by atoms with Crippen molar-refractivity contribution >= 4 is 32.6 Å². The highest BCUT2D eigenvalue weighted by Gasteiger charge is 2.14. The molecule has 0 aliphatic carbocycles. The molecule has 0 fully saturated rings. The van der Waals surface area contributed by atoms with Crippen LogP contribution in [0.5, 0.6) is 0 Å². The van der Waals surface area contributed by atoms with Gasteiger partial charge in [0.25, 0.3) is 0 Å². The summed E-state index contributed by atoms with van der Waals surface area (Å²) in [4.78, 5) is 0. The number of anilines is 4. The van der Waals surface area contributed by atoms with Gasteiger partial charge in [0.1, 0.15) is 0 Å². The number of nitrogen functional groups attached to an aromatic ring is 4. The van der Waals surface area contributed by atoms with E-state index in [4.69, 9.17) is 22.9 Å². The van der Waals surface area contributed by atoms with Gasteiger partial charge in [0, 0.05) is 0 Å². The van der Waals surface area contributed by atoms with Crippen molar-refractivity contribution in [1.82, 2.24) is 0 Å². The molecule has 0 bridgehead atoms. The molecule has 0 aliphatic rings. The van der Waals surface area contributed by atoms with Crippen LogP contribution in [0, 0.1) is 0 Å². The Hall–Kier alpha value is -2.41. The lowest BCUT2D eigenvalue weighted by atomic mass is 10.2. The van der Waals surface area contributed by atoms with Gasteiger partial charge >= 0.3 is 0 Å². The molecular formula is C14H18N4O2S. The molecule has 0 saturated heterocycles. The highest BCUT2D eigenvalue weighted by atomic mass is 32.2. The lowest BCUT2D eigenvalue weighted by Gasteiger charge is -2.08. The highest BCUT2D eigenvalue weighted by Crippen LogP contribution is 2.21. The molecule has 21 heavy (non-hydrogen) atoms. The summed E-state index contributed by atoms with van der Waals surface area (Å²) in [7, 11) is -3.34. The normalized spacial score (nSPS) is 11.4. The second-order valence-corrected chi connectivity index (χ2v) is 7.02. The zero-order chi connectivity index (χ0) is 15.6. The van der Waals surface area contributed by atoms with Gasteiger partial charge < -0.3 is 22.9 Å². The molecule has 6 nitrogen and oxygen atoms in total. The van der Waals surface area contributed by atoms with Crippen LogP contribution in [0.3, 0.4) is 0 Å². The van der Waals surface area contributed by atoms with Crippen LogP contribution in [0.4, 0.5) is 22.7 Å². The minimum absolute atomic E-state index is 0.109. The number of hydrogen-bond acceptors (Lipinski definition) is 6. The van der Waals surface area contributed by atoms with Crippen LogP contribution in [-0.2, 0) is 21.3 Å². The van der Waals surface area contributed by atoms with E-state index in [2.05, 4.69) is 0 Å². The molecule has 0 heterocycles. The van der Waals surface area contributed by atoms with E-state index < -0.39 is 9.84 Å². The molecular weight excluding hydrogens is 288 g/mol. The molecule has 112 valence electrons. The molecule has 2 aromatic rings. The van der Waals surface area contributed by atoms with Gasteiger partial charge in [-0.1, -0.05) is 12.1 Å². The third kappa shape index (κ3) is 3.79. The molecule has 8 N–H and O–H groups in total. The van der Waals surface area contributed by atoms with Crippen molar-refractivity contribution in [3.05, 3.63) is 47.5 Å². The predicted molar refractivity (Wildman–Crippen MR) is 86.9 cm³/mol. The average Bonchev–Trinajstić information content (AvgIpc) is 2.37. The standard InChI is InChI=1S/C14H18N4O2S/c15-11-3-1-9(5-13(11)17)7-21(19,20)8-10-2-4-12(16)14(18)6-10/h1-6H,7-8,15-18H2. The maximum atomic E-state index is 12.2. The van der Waals surface area contributed by atoms with Crippen LogP contribution in [0.25, 0.3) is 0 Å². The van der Waals surface area contributed by atoms with Crippen LogP contribution in [-0.4, -0.2) is 8.42 Å². The van der Waals surface area contributed by atoms with Crippen LogP contribution >= 0.6 is 0 Å². The summed E-state index contributed by atoms with van der Waals surface area (Å²) < 4.78 is 24.4. The number of hydrogen-bond donors (Lipinski definition) is 4. The molecule has 2 rings (SSSR count). The Kier molecular flexibility index (Phi) is 3.95. The Labute approximate surface area is 123 Å². The SMILES string of the molecule is Nc1ccc(CS(=O)(=O)Cc2ccc(N)c(N)c2)cc1N. The van der Waals surface area contributed by atoms with E-state index in [1.807, 2.05) is 0 Å². The quantitative estimate of drug-likeness (QED) is 0.625. The monoisotopic (exact) mass is 306 g/mol. The summed E-state index contributed by atoms with van der Waals surface area (Å²) in [5.41, 5.74) is 25.4. The Balaban J connectivity index is 2.18. The first kappa shape index (κ1) is 15.0. The van der Waals surface area contributed by atoms with Gasteiger partial charge in [-0.25, -0.2) is 8.42 Å². The Morgan fingerprint density at radius 3 is 1.38 bits per heavy atom. The van der Waals surface area contributed by atoms with E-state index in [1.54, 1.807) is 36.4 Å². The first-order valence-electron chi connectivity index (χ1n) is 6.25. The lowest BCUT2D eigenvalue weighted by Crippen LogP contribution is -2.09. The molecule has 2 aromatic carbocycles. The fourth-order valence-corrected chi connectivity index (χ4v) is 3.46. The van der Waals surface area contributed by atoms with E-state index in [-0.39, 0.29) is 11.5 Å². The summed E-state index contributed by atoms with van der Waals surface area (Å²) in [5.74, 6) is -0.219. The Bertz CT molecular complexity index is 713. The summed E-state index contributed by atoms with van der Waals surface area (Å²) in [6.45, 7) is 0. The van der Waals surface area contributed by atoms with Gasteiger partial charge in [-0.2, -0.15) is 0 Å². The largest absolute Gasteiger partial charge is 0.397 e. The first-order chi connectivity index (χ1) is 9.77. The average molecular weight is 306 g/mol. The van der Waals surface area contributed by atoms with E-state index in [0.717, 1.165) is 0 Å². The number of nitrogens with two attached hydrogens (primary N) is 4. The number of benzene rings is 2. The second kappa shape index (κ2) is 5.53. The predicted octanol–water partition coefficient (Wildman–Crippen LogP) is 1.13. The molecule has 0 saturated carbocycles. The minimum atomic E-state index is -3.34. The maximum absolute atomic E-state index is 12.2. The van der Waals surface area contributed by atoms with E-state index in [9.17, 15) is 8.42 Å². The van der Waals surface area contributed by atoms with Gasteiger partial charge in [-0.05, 0) is 35.4 Å². The first-order valence-corrected chi connectivity index (χ1v) is 8.07. The molecule has 0 unspecified atom stereocenters. The van der Waals surface area contributed by atoms with Crippen LogP contribution < -0.4 is 22.9 Å². The fourth-order valence-electron chi connectivity index (χ4n) is 1.99. The highest BCUT2D eigenvalue weighted by molar-refractivity contribution is 7.89. The van der Waals surface area contributed by atoms with E-state index in [0.29, 0.717) is 33.9 Å².